The summed E-state index contributed by atoms with van der Waals surface area (Å²) in [6.45, 7) is 5.35. The predicted octanol–water partition coefficient (Wildman–Crippen LogP) is 1.82. The summed E-state index contributed by atoms with van der Waals surface area (Å²) < 4.78 is 0. The zero-order chi connectivity index (χ0) is 12.3. The van der Waals surface area contributed by atoms with Crippen molar-refractivity contribution in [2.24, 2.45) is 5.92 Å². The van der Waals surface area contributed by atoms with Crippen LogP contribution in [0.5, 0.6) is 5.75 Å². The van der Waals surface area contributed by atoms with E-state index in [1.165, 1.54) is 6.42 Å². The van der Waals surface area contributed by atoms with E-state index in [9.17, 15) is 5.11 Å². The van der Waals surface area contributed by atoms with E-state index in [1.54, 1.807) is 6.07 Å². The lowest BCUT2D eigenvalue weighted by atomic mass is 9.94. The Hall–Kier alpha value is -1.06. The second-order valence-electron chi connectivity index (χ2n) is 5.14. The molecule has 2 unspecified atom stereocenters. The topological polar surface area (TPSA) is 35.5 Å². The van der Waals surface area contributed by atoms with Gasteiger partial charge in [0, 0.05) is 24.7 Å². The van der Waals surface area contributed by atoms with Crippen LogP contribution in [0, 0.1) is 5.92 Å². The number of hydrogen-bond acceptors (Lipinski definition) is 3. The number of phenols is 1. The van der Waals surface area contributed by atoms with Gasteiger partial charge in [0.2, 0.25) is 0 Å². The van der Waals surface area contributed by atoms with Crippen LogP contribution in [-0.2, 0) is 6.54 Å². The largest absolute Gasteiger partial charge is 0.508 e. The minimum Gasteiger partial charge on any atom is -0.508 e. The number of rotatable bonds is 3. The monoisotopic (exact) mass is 234 g/mol. The van der Waals surface area contributed by atoms with Crippen molar-refractivity contribution in [2.45, 2.75) is 25.9 Å². The van der Waals surface area contributed by atoms with E-state index in [1.807, 2.05) is 18.2 Å². The van der Waals surface area contributed by atoms with Crippen molar-refractivity contribution in [3.63, 3.8) is 0 Å². The van der Waals surface area contributed by atoms with E-state index in [0.29, 0.717) is 17.7 Å². The van der Waals surface area contributed by atoms with E-state index < -0.39 is 0 Å². The summed E-state index contributed by atoms with van der Waals surface area (Å²) in [5, 5.41) is 13.3. The van der Waals surface area contributed by atoms with Crippen LogP contribution in [0.25, 0.3) is 0 Å². The number of nitrogens with zero attached hydrogens (tertiary/aromatic N) is 1. The van der Waals surface area contributed by atoms with Crippen LogP contribution in [0.3, 0.4) is 0 Å². The van der Waals surface area contributed by atoms with Gasteiger partial charge in [-0.3, -0.25) is 0 Å². The van der Waals surface area contributed by atoms with Gasteiger partial charge in [0.25, 0.3) is 0 Å². The number of para-hydroxylation sites is 1. The van der Waals surface area contributed by atoms with Crippen LogP contribution in [0.1, 0.15) is 18.9 Å². The fourth-order valence-electron chi connectivity index (χ4n) is 2.56. The average Bonchev–Trinajstić information content (AvgIpc) is 2.30. The van der Waals surface area contributed by atoms with Crippen molar-refractivity contribution in [3.05, 3.63) is 29.8 Å². The molecule has 0 amide bonds. The highest BCUT2D eigenvalue weighted by molar-refractivity contribution is 5.31. The van der Waals surface area contributed by atoms with Gasteiger partial charge in [-0.2, -0.15) is 0 Å². The molecule has 1 aromatic carbocycles. The first-order valence-electron chi connectivity index (χ1n) is 6.35. The van der Waals surface area contributed by atoms with Gasteiger partial charge in [-0.15, -0.1) is 0 Å². The van der Waals surface area contributed by atoms with Gasteiger partial charge < -0.3 is 15.3 Å². The molecule has 0 spiro atoms. The van der Waals surface area contributed by atoms with Crippen molar-refractivity contribution in [2.75, 3.05) is 20.1 Å². The Bertz CT molecular complexity index is 367. The summed E-state index contributed by atoms with van der Waals surface area (Å²) in [6.07, 6.45) is 1.19. The summed E-state index contributed by atoms with van der Waals surface area (Å²) in [7, 11) is 2.18. The number of aromatic hydroxyl groups is 1. The van der Waals surface area contributed by atoms with Gasteiger partial charge >= 0.3 is 0 Å². The fourth-order valence-corrected chi connectivity index (χ4v) is 2.56. The van der Waals surface area contributed by atoms with Gasteiger partial charge in [0.1, 0.15) is 5.75 Å². The van der Waals surface area contributed by atoms with Crippen molar-refractivity contribution < 1.29 is 5.11 Å². The zero-order valence-corrected chi connectivity index (χ0v) is 10.7. The third-order valence-electron chi connectivity index (χ3n) is 3.65. The van der Waals surface area contributed by atoms with E-state index in [0.717, 1.165) is 25.2 Å². The van der Waals surface area contributed by atoms with Crippen LogP contribution < -0.4 is 5.32 Å². The molecular weight excluding hydrogens is 212 g/mol. The average molecular weight is 234 g/mol. The lowest BCUT2D eigenvalue weighted by Gasteiger charge is -2.35. The molecule has 0 radical (unpaired) electrons. The second kappa shape index (κ2) is 5.52. The minimum atomic E-state index is 0.389. The molecule has 2 rings (SSSR count). The molecule has 0 aromatic heterocycles. The maximum atomic E-state index is 9.70. The number of piperidine rings is 1. The normalized spacial score (nSPS) is 26.0. The van der Waals surface area contributed by atoms with Crippen LogP contribution in [-0.4, -0.2) is 36.2 Å². The Morgan fingerprint density at radius 2 is 2.18 bits per heavy atom. The fraction of sp³-hybridized carbons (Fsp3) is 0.571. The molecule has 1 fully saturated rings. The lowest BCUT2D eigenvalue weighted by Crippen LogP contribution is -2.46. The third-order valence-corrected chi connectivity index (χ3v) is 3.65. The van der Waals surface area contributed by atoms with Crippen LogP contribution in [0.15, 0.2) is 24.3 Å². The molecule has 1 heterocycles. The van der Waals surface area contributed by atoms with Crippen LogP contribution in [0.2, 0.25) is 0 Å². The SMILES string of the molecule is CC1CN(C)CCC1NCc1ccccc1O. The standard InChI is InChI=1S/C14H22N2O/c1-11-10-16(2)8-7-13(11)15-9-12-5-3-4-6-14(12)17/h3-6,11,13,15,17H,7-10H2,1-2H3. The molecule has 1 aliphatic rings. The maximum absolute atomic E-state index is 9.70. The summed E-state index contributed by atoms with van der Waals surface area (Å²) >= 11 is 0. The minimum absolute atomic E-state index is 0.389. The first-order chi connectivity index (χ1) is 8.16. The first-order valence-corrected chi connectivity index (χ1v) is 6.35. The van der Waals surface area contributed by atoms with E-state index in [2.05, 4.69) is 24.2 Å². The maximum Gasteiger partial charge on any atom is 0.120 e. The molecular formula is C14H22N2O. The highest BCUT2D eigenvalue weighted by atomic mass is 16.3. The number of likely N-dealkylation sites (tertiary alicyclic amines) is 1. The summed E-state index contributed by atoms with van der Waals surface area (Å²) in [5.41, 5.74) is 0.985. The summed E-state index contributed by atoms with van der Waals surface area (Å²) in [4.78, 5) is 2.38. The Balaban J connectivity index is 1.88. The molecule has 17 heavy (non-hydrogen) atoms. The Kier molecular flexibility index (Phi) is 4.02. The Morgan fingerprint density at radius 3 is 2.88 bits per heavy atom. The van der Waals surface area contributed by atoms with E-state index >= 15 is 0 Å². The van der Waals surface area contributed by atoms with Crippen molar-refractivity contribution in [3.8, 4) is 5.75 Å². The number of phenolic OH excluding ortho intramolecular Hbond substituents is 1. The number of benzene rings is 1. The van der Waals surface area contributed by atoms with E-state index in [4.69, 9.17) is 0 Å². The van der Waals surface area contributed by atoms with Gasteiger partial charge in [-0.25, -0.2) is 0 Å². The number of hydrogen-bond donors (Lipinski definition) is 2. The lowest BCUT2D eigenvalue weighted by molar-refractivity contribution is 0.174. The molecule has 2 atom stereocenters. The first kappa shape index (κ1) is 12.4. The molecule has 1 aromatic rings. The zero-order valence-electron chi connectivity index (χ0n) is 10.7. The molecule has 3 nitrogen and oxygen atoms in total. The summed E-state index contributed by atoms with van der Waals surface area (Å²) in [6, 6.07) is 8.11. The highest BCUT2D eigenvalue weighted by Crippen LogP contribution is 2.19. The molecule has 0 bridgehead atoms. The molecule has 0 aliphatic carbocycles. The van der Waals surface area contributed by atoms with Crippen molar-refractivity contribution in [1.29, 1.82) is 0 Å². The second-order valence-corrected chi connectivity index (χ2v) is 5.14. The molecule has 2 N–H and O–H groups in total. The molecule has 1 aliphatic heterocycles. The Morgan fingerprint density at radius 1 is 1.41 bits per heavy atom. The number of nitrogens with one attached hydrogen (secondary N) is 1. The quantitative estimate of drug-likeness (QED) is 0.837. The van der Waals surface area contributed by atoms with Crippen LogP contribution >= 0.6 is 0 Å². The van der Waals surface area contributed by atoms with Crippen LogP contribution in [0.4, 0.5) is 0 Å². The predicted molar refractivity (Wildman–Crippen MR) is 70.0 cm³/mol. The van der Waals surface area contributed by atoms with Gasteiger partial charge in [0.15, 0.2) is 0 Å². The smallest absolute Gasteiger partial charge is 0.120 e. The Labute approximate surface area is 103 Å². The van der Waals surface area contributed by atoms with Gasteiger partial charge in [0.05, 0.1) is 0 Å². The van der Waals surface area contributed by atoms with Gasteiger partial charge in [-0.05, 0) is 32.0 Å². The highest BCUT2D eigenvalue weighted by Gasteiger charge is 2.23. The van der Waals surface area contributed by atoms with Crippen molar-refractivity contribution in [1.82, 2.24) is 10.2 Å². The third kappa shape index (κ3) is 3.20. The van der Waals surface area contributed by atoms with E-state index in [-0.39, 0.29) is 0 Å². The molecule has 94 valence electrons. The van der Waals surface area contributed by atoms with Crippen molar-refractivity contribution >= 4 is 0 Å². The molecule has 0 saturated carbocycles. The molecule has 3 heteroatoms. The summed E-state index contributed by atoms with van der Waals surface area (Å²) in [5.74, 6) is 1.06. The molecule has 1 saturated heterocycles. The van der Waals surface area contributed by atoms with Gasteiger partial charge in [-0.1, -0.05) is 25.1 Å².